The fraction of sp³-hybridized carbons (Fsp3) is 0. The maximum absolute atomic E-state index is 13.1. The Morgan fingerprint density at radius 2 is 1.79 bits per heavy atom. The van der Waals surface area contributed by atoms with E-state index in [0.29, 0.717) is 11.1 Å². The van der Waals surface area contributed by atoms with Crippen LogP contribution in [0.2, 0.25) is 0 Å². The molecular formula is C15H11FO3. The molecule has 19 heavy (non-hydrogen) atoms. The third kappa shape index (κ3) is 3.19. The summed E-state index contributed by atoms with van der Waals surface area (Å²) in [4.78, 5) is 11.2. The SMILES string of the molecule is O=C(O)/C(=C\c1cccc(F)c1)c1ccc(O)cc1. The van der Waals surface area contributed by atoms with E-state index >= 15 is 0 Å². The van der Waals surface area contributed by atoms with Crippen molar-refractivity contribution in [3.05, 3.63) is 65.5 Å². The first-order valence-electron chi connectivity index (χ1n) is 5.56. The maximum atomic E-state index is 13.1. The van der Waals surface area contributed by atoms with Crippen LogP contribution in [0.5, 0.6) is 5.75 Å². The Hall–Kier alpha value is -2.62. The molecular weight excluding hydrogens is 247 g/mol. The van der Waals surface area contributed by atoms with E-state index in [9.17, 15) is 19.4 Å². The third-order valence-electron chi connectivity index (χ3n) is 2.57. The number of benzene rings is 2. The van der Waals surface area contributed by atoms with Crippen LogP contribution in [-0.2, 0) is 4.79 Å². The molecule has 0 aliphatic carbocycles. The van der Waals surface area contributed by atoms with Gasteiger partial charge in [-0.15, -0.1) is 0 Å². The number of aromatic hydroxyl groups is 1. The lowest BCUT2D eigenvalue weighted by Gasteiger charge is -2.03. The molecule has 0 atom stereocenters. The smallest absolute Gasteiger partial charge is 0.336 e. The fourth-order valence-electron chi connectivity index (χ4n) is 1.67. The molecule has 0 spiro atoms. The minimum atomic E-state index is -1.12. The van der Waals surface area contributed by atoms with Gasteiger partial charge in [-0.05, 0) is 41.5 Å². The van der Waals surface area contributed by atoms with E-state index in [4.69, 9.17) is 0 Å². The normalized spacial score (nSPS) is 11.3. The first kappa shape index (κ1) is 12.8. The zero-order valence-corrected chi connectivity index (χ0v) is 9.88. The Morgan fingerprint density at radius 3 is 2.37 bits per heavy atom. The van der Waals surface area contributed by atoms with E-state index in [-0.39, 0.29) is 11.3 Å². The predicted octanol–water partition coefficient (Wildman–Crippen LogP) is 3.16. The Labute approximate surface area is 109 Å². The van der Waals surface area contributed by atoms with Crippen molar-refractivity contribution in [2.24, 2.45) is 0 Å². The largest absolute Gasteiger partial charge is 0.508 e. The number of hydrogen-bond acceptors (Lipinski definition) is 2. The number of rotatable bonds is 3. The number of carbonyl (C=O) groups is 1. The first-order valence-corrected chi connectivity index (χ1v) is 5.56. The monoisotopic (exact) mass is 258 g/mol. The number of halogens is 1. The highest BCUT2D eigenvalue weighted by atomic mass is 19.1. The van der Waals surface area contributed by atoms with Crippen molar-refractivity contribution in [2.75, 3.05) is 0 Å². The molecule has 2 rings (SSSR count). The van der Waals surface area contributed by atoms with Crippen molar-refractivity contribution < 1.29 is 19.4 Å². The number of carboxylic acid groups (broad SMARTS) is 1. The lowest BCUT2D eigenvalue weighted by atomic mass is 10.0. The summed E-state index contributed by atoms with van der Waals surface area (Å²) in [5, 5.41) is 18.4. The van der Waals surface area contributed by atoms with Gasteiger partial charge >= 0.3 is 5.97 Å². The van der Waals surface area contributed by atoms with E-state index in [1.54, 1.807) is 6.07 Å². The molecule has 3 nitrogen and oxygen atoms in total. The van der Waals surface area contributed by atoms with Gasteiger partial charge in [-0.1, -0.05) is 24.3 Å². The van der Waals surface area contributed by atoms with Crippen LogP contribution in [-0.4, -0.2) is 16.2 Å². The van der Waals surface area contributed by atoms with Crippen LogP contribution in [0.3, 0.4) is 0 Å². The standard InChI is InChI=1S/C15H11FO3/c16-12-3-1-2-10(8-12)9-14(15(18)19)11-4-6-13(17)7-5-11/h1-9,17H,(H,18,19)/b14-9-. The first-order chi connectivity index (χ1) is 9.06. The van der Waals surface area contributed by atoms with E-state index in [2.05, 4.69) is 0 Å². The van der Waals surface area contributed by atoms with E-state index < -0.39 is 11.8 Å². The summed E-state index contributed by atoms with van der Waals surface area (Å²) in [6, 6.07) is 11.5. The fourth-order valence-corrected chi connectivity index (χ4v) is 1.67. The zero-order chi connectivity index (χ0) is 13.8. The number of carboxylic acids is 1. The molecule has 0 heterocycles. The predicted molar refractivity (Wildman–Crippen MR) is 70.0 cm³/mol. The molecule has 0 saturated carbocycles. The molecule has 0 unspecified atom stereocenters. The van der Waals surface area contributed by atoms with Gasteiger partial charge in [0.2, 0.25) is 0 Å². The number of phenolic OH excluding ortho intramolecular Hbond substituents is 1. The summed E-state index contributed by atoms with van der Waals surface area (Å²) in [6.45, 7) is 0. The van der Waals surface area contributed by atoms with Gasteiger partial charge in [-0.25, -0.2) is 9.18 Å². The van der Waals surface area contributed by atoms with Gasteiger partial charge in [0, 0.05) is 0 Å². The maximum Gasteiger partial charge on any atom is 0.336 e. The van der Waals surface area contributed by atoms with Crippen molar-refractivity contribution in [2.45, 2.75) is 0 Å². The van der Waals surface area contributed by atoms with E-state index in [1.165, 1.54) is 48.5 Å². The van der Waals surface area contributed by atoms with Crippen molar-refractivity contribution in [3.63, 3.8) is 0 Å². The third-order valence-corrected chi connectivity index (χ3v) is 2.57. The van der Waals surface area contributed by atoms with Gasteiger partial charge < -0.3 is 10.2 Å². The number of aliphatic carboxylic acids is 1. The van der Waals surface area contributed by atoms with Crippen LogP contribution in [0.25, 0.3) is 11.6 Å². The molecule has 4 heteroatoms. The topological polar surface area (TPSA) is 57.5 Å². The van der Waals surface area contributed by atoms with Crippen molar-refractivity contribution in [3.8, 4) is 5.75 Å². The quantitative estimate of drug-likeness (QED) is 0.656. The molecule has 0 fully saturated rings. The van der Waals surface area contributed by atoms with Gasteiger partial charge in [0.1, 0.15) is 11.6 Å². The lowest BCUT2D eigenvalue weighted by molar-refractivity contribution is -0.130. The van der Waals surface area contributed by atoms with Gasteiger partial charge in [-0.3, -0.25) is 0 Å². The van der Waals surface area contributed by atoms with Crippen LogP contribution in [0.15, 0.2) is 48.5 Å². The minimum absolute atomic E-state index is 0.0330. The second-order valence-corrected chi connectivity index (χ2v) is 3.97. The Balaban J connectivity index is 2.46. The average Bonchev–Trinajstić information content (AvgIpc) is 2.37. The summed E-state index contributed by atoms with van der Waals surface area (Å²) in [5.74, 6) is -1.49. The van der Waals surface area contributed by atoms with E-state index in [0.717, 1.165) is 0 Å². The molecule has 0 bridgehead atoms. The van der Waals surface area contributed by atoms with Gasteiger partial charge in [0.15, 0.2) is 0 Å². The molecule has 96 valence electrons. The highest BCUT2D eigenvalue weighted by Gasteiger charge is 2.10. The van der Waals surface area contributed by atoms with Gasteiger partial charge in [0.05, 0.1) is 5.57 Å². The Kier molecular flexibility index (Phi) is 3.61. The summed E-state index contributed by atoms with van der Waals surface area (Å²) in [5.41, 5.74) is 0.936. The summed E-state index contributed by atoms with van der Waals surface area (Å²) < 4.78 is 13.1. The van der Waals surface area contributed by atoms with E-state index in [1.807, 2.05) is 0 Å². The Bertz CT molecular complexity index is 630. The van der Waals surface area contributed by atoms with Crippen LogP contribution < -0.4 is 0 Å². The Morgan fingerprint density at radius 1 is 1.11 bits per heavy atom. The second-order valence-electron chi connectivity index (χ2n) is 3.97. The lowest BCUT2D eigenvalue weighted by Crippen LogP contribution is -1.99. The highest BCUT2D eigenvalue weighted by molar-refractivity contribution is 6.20. The molecule has 0 aliphatic rings. The molecule has 0 saturated heterocycles. The molecule has 2 N–H and O–H groups in total. The molecule has 0 amide bonds. The molecule has 0 aromatic heterocycles. The van der Waals surface area contributed by atoms with Gasteiger partial charge in [-0.2, -0.15) is 0 Å². The molecule has 0 aliphatic heterocycles. The minimum Gasteiger partial charge on any atom is -0.508 e. The van der Waals surface area contributed by atoms with Crippen LogP contribution in [0.1, 0.15) is 11.1 Å². The molecule has 2 aromatic carbocycles. The molecule has 0 radical (unpaired) electrons. The van der Waals surface area contributed by atoms with Crippen LogP contribution >= 0.6 is 0 Å². The van der Waals surface area contributed by atoms with Crippen molar-refractivity contribution in [1.29, 1.82) is 0 Å². The summed E-state index contributed by atoms with van der Waals surface area (Å²) in [6.07, 6.45) is 1.39. The number of phenols is 1. The van der Waals surface area contributed by atoms with Crippen molar-refractivity contribution in [1.82, 2.24) is 0 Å². The van der Waals surface area contributed by atoms with Crippen molar-refractivity contribution >= 4 is 17.6 Å². The average molecular weight is 258 g/mol. The molecule has 2 aromatic rings. The zero-order valence-electron chi connectivity index (χ0n) is 9.88. The van der Waals surface area contributed by atoms with Crippen LogP contribution in [0, 0.1) is 5.82 Å². The highest BCUT2D eigenvalue weighted by Crippen LogP contribution is 2.21. The number of hydrogen-bond donors (Lipinski definition) is 2. The second kappa shape index (κ2) is 5.35. The van der Waals surface area contributed by atoms with Gasteiger partial charge in [0.25, 0.3) is 0 Å². The van der Waals surface area contributed by atoms with Crippen LogP contribution in [0.4, 0.5) is 4.39 Å². The summed E-state index contributed by atoms with van der Waals surface area (Å²) in [7, 11) is 0. The summed E-state index contributed by atoms with van der Waals surface area (Å²) >= 11 is 0.